The lowest BCUT2D eigenvalue weighted by Crippen LogP contribution is -1.94. The number of aryl methyl sites for hydroxylation is 2. The van der Waals surface area contributed by atoms with E-state index in [0.717, 1.165) is 11.1 Å². The van der Waals surface area contributed by atoms with Crippen molar-refractivity contribution in [1.82, 2.24) is 0 Å². The minimum absolute atomic E-state index is 0.262. The van der Waals surface area contributed by atoms with Crippen molar-refractivity contribution in [2.24, 2.45) is 0 Å². The molecule has 0 amide bonds. The summed E-state index contributed by atoms with van der Waals surface area (Å²) in [6.45, 7) is 4.17. The summed E-state index contributed by atoms with van der Waals surface area (Å²) in [5, 5.41) is 8.92. The Labute approximate surface area is 159 Å². The Kier molecular flexibility index (Phi) is 5.54. The Morgan fingerprint density at radius 3 is 2.22 bits per heavy atom. The zero-order valence-corrected chi connectivity index (χ0v) is 15.4. The van der Waals surface area contributed by atoms with Crippen LogP contribution in [-0.2, 0) is 0 Å². The van der Waals surface area contributed by atoms with Gasteiger partial charge in [-0.3, -0.25) is 0 Å². The van der Waals surface area contributed by atoms with E-state index >= 15 is 0 Å². The van der Waals surface area contributed by atoms with Gasteiger partial charge in [0, 0.05) is 5.56 Å². The second-order valence-corrected chi connectivity index (χ2v) is 6.44. The molecule has 2 nitrogen and oxygen atoms in total. The molecular formula is C25H20O2. The Morgan fingerprint density at radius 1 is 0.889 bits per heavy atom. The summed E-state index contributed by atoms with van der Waals surface area (Å²) in [5.74, 6) is 5.12. The quantitative estimate of drug-likeness (QED) is 0.611. The van der Waals surface area contributed by atoms with Crippen LogP contribution in [0.25, 0.3) is 17.2 Å². The third-order valence-electron chi connectivity index (χ3n) is 4.27. The molecule has 0 aromatic heterocycles. The summed E-state index contributed by atoms with van der Waals surface area (Å²) >= 11 is 0. The van der Waals surface area contributed by atoms with Gasteiger partial charge in [-0.15, -0.1) is 0 Å². The largest absolute Gasteiger partial charge is 0.478 e. The van der Waals surface area contributed by atoms with E-state index in [4.69, 9.17) is 5.11 Å². The minimum atomic E-state index is -0.933. The van der Waals surface area contributed by atoms with Crippen molar-refractivity contribution < 1.29 is 9.90 Å². The molecule has 0 aliphatic heterocycles. The average molecular weight is 352 g/mol. The standard InChI is InChI=1S/C25H20O2/c1-18-7-12-22(13-8-18)24-17-19(2)9-14-21(24)6-4-3-5-20-10-15-23(16-11-20)25(26)27/h4,6-17H,1-2H3,(H,26,27). The molecule has 0 saturated carbocycles. The van der Waals surface area contributed by atoms with Crippen LogP contribution < -0.4 is 0 Å². The van der Waals surface area contributed by atoms with E-state index in [2.05, 4.69) is 68.2 Å². The van der Waals surface area contributed by atoms with E-state index in [1.807, 2.05) is 12.2 Å². The number of hydrogen-bond donors (Lipinski definition) is 1. The molecule has 0 heterocycles. The van der Waals surface area contributed by atoms with Crippen molar-refractivity contribution in [2.45, 2.75) is 13.8 Å². The molecule has 0 aliphatic carbocycles. The zero-order valence-electron chi connectivity index (χ0n) is 15.4. The van der Waals surface area contributed by atoms with Crippen molar-refractivity contribution in [2.75, 3.05) is 0 Å². The van der Waals surface area contributed by atoms with Crippen LogP contribution in [0.4, 0.5) is 0 Å². The zero-order chi connectivity index (χ0) is 19.2. The van der Waals surface area contributed by atoms with Gasteiger partial charge in [-0.1, -0.05) is 65.4 Å². The molecule has 3 aromatic rings. The maximum absolute atomic E-state index is 10.9. The molecule has 0 unspecified atom stereocenters. The highest BCUT2D eigenvalue weighted by Crippen LogP contribution is 2.26. The van der Waals surface area contributed by atoms with Gasteiger partial charge < -0.3 is 5.11 Å². The Morgan fingerprint density at radius 2 is 1.56 bits per heavy atom. The lowest BCUT2D eigenvalue weighted by atomic mass is 9.96. The van der Waals surface area contributed by atoms with Gasteiger partial charge in [0.05, 0.1) is 5.56 Å². The molecule has 132 valence electrons. The Hall–Kier alpha value is -3.57. The van der Waals surface area contributed by atoms with E-state index in [9.17, 15) is 4.79 Å². The van der Waals surface area contributed by atoms with Gasteiger partial charge in [0.25, 0.3) is 0 Å². The number of aromatic carboxylic acids is 1. The second-order valence-electron chi connectivity index (χ2n) is 6.44. The first-order valence-electron chi connectivity index (χ1n) is 8.72. The van der Waals surface area contributed by atoms with Gasteiger partial charge >= 0.3 is 5.97 Å². The van der Waals surface area contributed by atoms with E-state index in [-0.39, 0.29) is 5.56 Å². The monoisotopic (exact) mass is 352 g/mol. The first kappa shape index (κ1) is 18.2. The van der Waals surface area contributed by atoms with Crippen molar-refractivity contribution in [3.8, 4) is 23.0 Å². The molecular weight excluding hydrogens is 332 g/mol. The molecule has 0 atom stereocenters. The topological polar surface area (TPSA) is 37.3 Å². The predicted octanol–water partition coefficient (Wildman–Crippen LogP) is 5.73. The summed E-state index contributed by atoms with van der Waals surface area (Å²) in [4.78, 5) is 10.9. The third-order valence-corrected chi connectivity index (χ3v) is 4.27. The number of rotatable bonds is 3. The van der Waals surface area contributed by atoms with Crippen molar-refractivity contribution >= 4 is 12.0 Å². The number of hydrogen-bond acceptors (Lipinski definition) is 1. The van der Waals surface area contributed by atoms with Crippen molar-refractivity contribution in [1.29, 1.82) is 0 Å². The normalized spacial score (nSPS) is 10.4. The van der Waals surface area contributed by atoms with Crippen molar-refractivity contribution in [3.05, 3.63) is 101 Å². The summed E-state index contributed by atoms with van der Waals surface area (Å²) < 4.78 is 0. The van der Waals surface area contributed by atoms with E-state index in [1.54, 1.807) is 24.3 Å². The van der Waals surface area contributed by atoms with E-state index in [1.165, 1.54) is 22.3 Å². The number of carbonyl (C=O) groups is 1. The molecule has 3 aromatic carbocycles. The molecule has 1 N–H and O–H groups in total. The molecule has 2 heteroatoms. The summed E-state index contributed by atoms with van der Waals surface area (Å²) in [7, 11) is 0. The number of carboxylic acid groups (broad SMARTS) is 1. The number of benzene rings is 3. The van der Waals surface area contributed by atoms with E-state index in [0.29, 0.717) is 0 Å². The fourth-order valence-corrected chi connectivity index (χ4v) is 2.75. The average Bonchev–Trinajstić information content (AvgIpc) is 2.67. The lowest BCUT2D eigenvalue weighted by molar-refractivity contribution is 0.0697. The minimum Gasteiger partial charge on any atom is -0.478 e. The van der Waals surface area contributed by atoms with Crippen LogP contribution in [0.15, 0.2) is 72.8 Å². The number of allylic oxidation sites excluding steroid dienone is 1. The van der Waals surface area contributed by atoms with E-state index < -0.39 is 5.97 Å². The van der Waals surface area contributed by atoms with Gasteiger partial charge in [0.1, 0.15) is 0 Å². The highest BCUT2D eigenvalue weighted by Gasteiger charge is 2.03. The maximum Gasteiger partial charge on any atom is 0.335 e. The molecule has 27 heavy (non-hydrogen) atoms. The molecule has 3 rings (SSSR count). The molecule has 0 bridgehead atoms. The first-order valence-corrected chi connectivity index (χ1v) is 8.72. The summed E-state index contributed by atoms with van der Waals surface area (Å²) in [6.07, 6.45) is 3.83. The highest BCUT2D eigenvalue weighted by atomic mass is 16.4. The fraction of sp³-hybridized carbons (Fsp3) is 0.0800. The Bertz CT molecular complexity index is 1040. The van der Waals surface area contributed by atoms with Crippen LogP contribution >= 0.6 is 0 Å². The van der Waals surface area contributed by atoms with Gasteiger partial charge in [-0.05, 0) is 67.0 Å². The lowest BCUT2D eigenvalue weighted by Gasteiger charge is -2.08. The smallest absolute Gasteiger partial charge is 0.335 e. The summed E-state index contributed by atoms with van der Waals surface area (Å²) in [6, 6.07) is 21.4. The van der Waals surface area contributed by atoms with Crippen molar-refractivity contribution in [3.63, 3.8) is 0 Å². The fourth-order valence-electron chi connectivity index (χ4n) is 2.75. The highest BCUT2D eigenvalue weighted by molar-refractivity contribution is 5.87. The van der Waals surface area contributed by atoms with Gasteiger partial charge in [-0.2, -0.15) is 0 Å². The van der Waals surface area contributed by atoms with Crippen LogP contribution in [0.3, 0.4) is 0 Å². The van der Waals surface area contributed by atoms with Crippen LogP contribution in [0, 0.1) is 25.7 Å². The first-order chi connectivity index (χ1) is 13.0. The molecule has 0 spiro atoms. The SMILES string of the molecule is Cc1ccc(-c2cc(C)ccc2C=CC#Cc2ccc(C(=O)O)cc2)cc1. The molecule has 0 aliphatic rings. The van der Waals surface area contributed by atoms with Crippen LogP contribution in [0.1, 0.15) is 32.6 Å². The number of carboxylic acids is 1. The van der Waals surface area contributed by atoms with Gasteiger partial charge in [0.15, 0.2) is 0 Å². The van der Waals surface area contributed by atoms with Gasteiger partial charge in [0.2, 0.25) is 0 Å². The summed E-state index contributed by atoms with van der Waals surface area (Å²) in [5.41, 5.74) is 6.97. The second kappa shape index (κ2) is 8.21. The van der Waals surface area contributed by atoms with Gasteiger partial charge in [-0.25, -0.2) is 4.79 Å². The third kappa shape index (κ3) is 4.74. The maximum atomic E-state index is 10.9. The molecule has 0 radical (unpaired) electrons. The van der Waals surface area contributed by atoms with Crippen LogP contribution in [0.2, 0.25) is 0 Å². The predicted molar refractivity (Wildman–Crippen MR) is 111 cm³/mol. The molecule has 0 saturated heterocycles. The van der Waals surface area contributed by atoms with Crippen LogP contribution in [0.5, 0.6) is 0 Å². The molecule has 0 fully saturated rings. The van der Waals surface area contributed by atoms with Crippen LogP contribution in [-0.4, -0.2) is 11.1 Å². The Balaban J connectivity index is 1.84.